The molecule has 1 aliphatic rings. The van der Waals surface area contributed by atoms with Crippen molar-refractivity contribution in [1.82, 2.24) is 0 Å². The highest BCUT2D eigenvalue weighted by atomic mass is 19.1. The maximum absolute atomic E-state index is 12.9. The average molecular weight is 302 g/mol. The summed E-state index contributed by atoms with van der Waals surface area (Å²) in [6.45, 7) is 2.75. The predicted octanol–water partition coefficient (Wildman–Crippen LogP) is 1.73. The van der Waals surface area contributed by atoms with E-state index in [1.54, 1.807) is 18.3 Å². The third kappa shape index (κ3) is 3.23. The van der Waals surface area contributed by atoms with Gasteiger partial charge in [0.25, 0.3) is 11.7 Å². The summed E-state index contributed by atoms with van der Waals surface area (Å²) in [4.78, 5) is 17.7. The first-order valence-electron chi connectivity index (χ1n) is 7.14. The largest absolute Gasteiger partial charge is 0.373 e. The zero-order valence-electron chi connectivity index (χ0n) is 12.0. The molecule has 22 heavy (non-hydrogen) atoms. The van der Waals surface area contributed by atoms with Gasteiger partial charge in [0.15, 0.2) is 0 Å². The van der Waals surface area contributed by atoms with E-state index in [-0.39, 0.29) is 11.7 Å². The fraction of sp³-hybridized carbons (Fsp3) is 0.250. The molecule has 1 aromatic carbocycles. The van der Waals surface area contributed by atoms with E-state index < -0.39 is 0 Å². The molecule has 1 fully saturated rings. The molecule has 0 bridgehead atoms. The average Bonchev–Trinajstić information content (AvgIpc) is 2.58. The third-order valence-corrected chi connectivity index (χ3v) is 3.51. The summed E-state index contributed by atoms with van der Waals surface area (Å²) < 4.78 is 18.3. The standard InChI is InChI=1S/C16H16FN3O2/c17-12-3-5-13(6-4-12)19-16(21)14-2-1-7-18-15(14)20-8-10-22-11-9-20/h1-7H,8-11H2,(H,19,21)/p+1. The fourth-order valence-electron chi connectivity index (χ4n) is 2.39. The molecule has 3 rings (SSSR count). The van der Waals surface area contributed by atoms with Crippen LogP contribution in [0.5, 0.6) is 0 Å². The molecule has 114 valence electrons. The van der Waals surface area contributed by atoms with E-state index in [9.17, 15) is 9.18 Å². The number of aromatic amines is 1. The second kappa shape index (κ2) is 6.53. The van der Waals surface area contributed by atoms with Crippen LogP contribution in [0.2, 0.25) is 0 Å². The minimum atomic E-state index is -0.333. The zero-order chi connectivity index (χ0) is 15.4. The second-order valence-electron chi connectivity index (χ2n) is 4.99. The first-order chi connectivity index (χ1) is 10.7. The van der Waals surface area contributed by atoms with E-state index >= 15 is 0 Å². The number of nitrogens with zero attached hydrogens (tertiary/aromatic N) is 1. The molecular weight excluding hydrogens is 285 g/mol. The Labute approximate surface area is 127 Å². The fourth-order valence-corrected chi connectivity index (χ4v) is 2.39. The number of carbonyl (C=O) groups is 1. The molecule has 2 N–H and O–H groups in total. The summed E-state index contributed by atoms with van der Waals surface area (Å²) in [7, 11) is 0. The lowest BCUT2D eigenvalue weighted by atomic mass is 10.2. The maximum Gasteiger partial charge on any atom is 0.287 e. The summed E-state index contributed by atoms with van der Waals surface area (Å²) in [5, 5.41) is 2.78. The Morgan fingerprint density at radius 1 is 1.18 bits per heavy atom. The molecule has 0 radical (unpaired) electrons. The molecule has 0 aliphatic carbocycles. The number of amides is 1. The van der Waals surface area contributed by atoms with Gasteiger partial charge in [-0.2, -0.15) is 0 Å². The smallest absolute Gasteiger partial charge is 0.287 e. The predicted molar refractivity (Wildman–Crippen MR) is 80.4 cm³/mol. The van der Waals surface area contributed by atoms with E-state index in [1.165, 1.54) is 24.3 Å². The minimum absolute atomic E-state index is 0.232. The number of pyridine rings is 1. The Kier molecular flexibility index (Phi) is 4.29. The number of hydrogen-bond donors (Lipinski definition) is 1. The third-order valence-electron chi connectivity index (χ3n) is 3.51. The highest BCUT2D eigenvalue weighted by Gasteiger charge is 2.25. The molecule has 0 saturated carbocycles. The van der Waals surface area contributed by atoms with Crippen molar-refractivity contribution in [1.29, 1.82) is 0 Å². The first kappa shape index (κ1) is 14.5. The molecule has 2 heterocycles. The van der Waals surface area contributed by atoms with Crippen molar-refractivity contribution in [3.63, 3.8) is 0 Å². The van der Waals surface area contributed by atoms with E-state index in [0.29, 0.717) is 24.5 Å². The Balaban J connectivity index is 1.81. The van der Waals surface area contributed by atoms with Crippen molar-refractivity contribution < 1.29 is 18.9 Å². The highest BCUT2D eigenvalue weighted by molar-refractivity contribution is 6.07. The first-order valence-corrected chi connectivity index (χ1v) is 7.14. The van der Waals surface area contributed by atoms with Gasteiger partial charge in [0.1, 0.15) is 24.5 Å². The SMILES string of the molecule is O=C(Nc1ccc(F)cc1)c1ccc[nH+]c1N1CCOCC1. The van der Waals surface area contributed by atoms with Crippen LogP contribution in [0.1, 0.15) is 10.4 Å². The van der Waals surface area contributed by atoms with Crippen LogP contribution in [0.15, 0.2) is 42.6 Å². The summed E-state index contributed by atoms with van der Waals surface area (Å²) >= 11 is 0. The van der Waals surface area contributed by atoms with Gasteiger partial charge in [-0.15, -0.1) is 0 Å². The van der Waals surface area contributed by atoms with Crippen molar-refractivity contribution in [3.8, 4) is 0 Å². The van der Waals surface area contributed by atoms with Gasteiger partial charge >= 0.3 is 0 Å². The number of nitrogens with one attached hydrogen (secondary N) is 2. The van der Waals surface area contributed by atoms with Crippen LogP contribution in [0, 0.1) is 5.82 Å². The monoisotopic (exact) mass is 302 g/mol. The van der Waals surface area contributed by atoms with Crippen LogP contribution in [0.4, 0.5) is 15.9 Å². The number of H-pyrrole nitrogens is 1. The van der Waals surface area contributed by atoms with Crippen molar-refractivity contribution in [3.05, 3.63) is 54.0 Å². The maximum atomic E-state index is 12.9. The number of anilines is 2. The number of ether oxygens (including phenoxy) is 1. The van der Waals surface area contributed by atoms with Gasteiger partial charge in [0, 0.05) is 5.69 Å². The molecule has 6 heteroatoms. The minimum Gasteiger partial charge on any atom is -0.373 e. The van der Waals surface area contributed by atoms with Crippen molar-refractivity contribution >= 4 is 17.4 Å². The summed E-state index contributed by atoms with van der Waals surface area (Å²) in [5.74, 6) is 0.204. The molecule has 0 atom stereocenters. The normalized spacial score (nSPS) is 14.7. The van der Waals surface area contributed by atoms with E-state index in [1.807, 2.05) is 0 Å². The number of morpholine rings is 1. The summed E-state index contributed by atoms with van der Waals surface area (Å²) in [6.07, 6.45) is 1.79. The summed E-state index contributed by atoms with van der Waals surface area (Å²) in [5.41, 5.74) is 1.11. The number of hydrogen-bond acceptors (Lipinski definition) is 3. The van der Waals surface area contributed by atoms with Gasteiger partial charge in [-0.1, -0.05) is 0 Å². The molecule has 1 amide bonds. The van der Waals surface area contributed by atoms with E-state index in [2.05, 4.69) is 15.2 Å². The molecule has 5 nitrogen and oxygen atoms in total. The van der Waals surface area contributed by atoms with Gasteiger partial charge < -0.3 is 10.1 Å². The van der Waals surface area contributed by atoms with Crippen LogP contribution in [0.3, 0.4) is 0 Å². The van der Waals surface area contributed by atoms with Crippen molar-refractivity contribution in [2.24, 2.45) is 0 Å². The van der Waals surface area contributed by atoms with Gasteiger partial charge in [-0.05, 0) is 36.4 Å². The van der Waals surface area contributed by atoms with Crippen LogP contribution in [0.25, 0.3) is 0 Å². The molecule has 1 saturated heterocycles. The summed E-state index contributed by atoms with van der Waals surface area (Å²) in [6, 6.07) is 9.25. The molecule has 2 aromatic rings. The number of benzene rings is 1. The van der Waals surface area contributed by atoms with Crippen LogP contribution < -0.4 is 15.2 Å². The van der Waals surface area contributed by atoms with Gasteiger partial charge in [-0.3, -0.25) is 9.69 Å². The van der Waals surface area contributed by atoms with Crippen LogP contribution in [-0.2, 0) is 4.74 Å². The van der Waals surface area contributed by atoms with E-state index in [0.717, 1.165) is 18.9 Å². The quantitative estimate of drug-likeness (QED) is 0.939. The Morgan fingerprint density at radius 2 is 1.91 bits per heavy atom. The number of rotatable bonds is 3. The molecule has 1 aromatic heterocycles. The number of halogens is 1. The zero-order valence-corrected chi connectivity index (χ0v) is 12.0. The van der Waals surface area contributed by atoms with Crippen LogP contribution >= 0.6 is 0 Å². The van der Waals surface area contributed by atoms with Crippen molar-refractivity contribution in [2.75, 3.05) is 36.5 Å². The Hall–Kier alpha value is -2.47. The van der Waals surface area contributed by atoms with Crippen molar-refractivity contribution in [2.45, 2.75) is 0 Å². The number of carbonyl (C=O) groups excluding carboxylic acids is 1. The lowest BCUT2D eigenvalue weighted by Crippen LogP contribution is -2.40. The highest BCUT2D eigenvalue weighted by Crippen LogP contribution is 2.18. The number of aromatic nitrogens is 1. The Morgan fingerprint density at radius 3 is 2.64 bits per heavy atom. The molecule has 0 spiro atoms. The lowest BCUT2D eigenvalue weighted by molar-refractivity contribution is -0.364. The molecule has 1 aliphatic heterocycles. The lowest BCUT2D eigenvalue weighted by Gasteiger charge is -2.22. The molecule has 0 unspecified atom stereocenters. The van der Waals surface area contributed by atoms with Gasteiger partial charge in [-0.25, -0.2) is 9.37 Å². The second-order valence-corrected chi connectivity index (χ2v) is 4.99. The van der Waals surface area contributed by atoms with Gasteiger partial charge in [0.05, 0.1) is 19.4 Å². The van der Waals surface area contributed by atoms with E-state index in [4.69, 9.17) is 4.74 Å². The molecular formula is C16H17FN3O2+. The topological polar surface area (TPSA) is 55.7 Å². The van der Waals surface area contributed by atoms with Gasteiger partial charge in [0.2, 0.25) is 0 Å². The van der Waals surface area contributed by atoms with Crippen LogP contribution in [-0.4, -0.2) is 32.2 Å². The Bertz CT molecular complexity index is 655.